The van der Waals surface area contributed by atoms with E-state index in [9.17, 15) is 13.2 Å². The fraction of sp³-hybridized carbons (Fsp3) is 0.0714. The lowest BCUT2D eigenvalue weighted by Crippen LogP contribution is -2.39. The second-order valence-corrected chi connectivity index (χ2v) is 11.9. The second kappa shape index (κ2) is 13.2. The SMILES string of the molecule is O=C(CN(Cc1ccc(Cl)c(Cl)c1)S(=O)(=O)c1ccc(Br)cc1)N/N=C/c1cccc(Oc2ccccc2)c1. The molecule has 1 amide bonds. The van der Waals surface area contributed by atoms with E-state index in [2.05, 4.69) is 26.5 Å². The van der Waals surface area contributed by atoms with Gasteiger partial charge in [-0.1, -0.05) is 75.5 Å². The number of halogens is 3. The second-order valence-electron chi connectivity index (χ2n) is 8.26. The van der Waals surface area contributed by atoms with Crippen molar-refractivity contribution in [1.82, 2.24) is 9.73 Å². The monoisotopic (exact) mass is 645 g/mol. The number of rotatable bonds is 10. The summed E-state index contributed by atoms with van der Waals surface area (Å²) in [5.41, 5.74) is 3.64. The van der Waals surface area contributed by atoms with Gasteiger partial charge in [0.25, 0.3) is 5.91 Å². The molecule has 200 valence electrons. The molecule has 0 saturated carbocycles. The fourth-order valence-electron chi connectivity index (χ4n) is 3.48. The quantitative estimate of drug-likeness (QED) is 0.150. The molecule has 0 aromatic heterocycles. The molecule has 0 spiro atoms. The maximum absolute atomic E-state index is 13.4. The molecule has 7 nitrogen and oxygen atoms in total. The minimum Gasteiger partial charge on any atom is -0.457 e. The van der Waals surface area contributed by atoms with Gasteiger partial charge in [0.05, 0.1) is 27.7 Å². The van der Waals surface area contributed by atoms with Crippen molar-refractivity contribution in [2.75, 3.05) is 6.54 Å². The van der Waals surface area contributed by atoms with Crippen molar-refractivity contribution in [3.8, 4) is 11.5 Å². The molecule has 4 aromatic rings. The van der Waals surface area contributed by atoms with Gasteiger partial charge in [-0.15, -0.1) is 0 Å². The summed E-state index contributed by atoms with van der Waals surface area (Å²) in [6.07, 6.45) is 1.45. The molecule has 0 aliphatic carbocycles. The molecule has 4 rings (SSSR count). The molecule has 0 heterocycles. The first-order chi connectivity index (χ1) is 18.7. The zero-order chi connectivity index (χ0) is 27.8. The van der Waals surface area contributed by atoms with Crippen LogP contribution in [-0.4, -0.2) is 31.4 Å². The van der Waals surface area contributed by atoms with Gasteiger partial charge in [-0.2, -0.15) is 9.41 Å². The summed E-state index contributed by atoms with van der Waals surface area (Å²) in [4.78, 5) is 12.8. The minimum absolute atomic E-state index is 0.0392. The highest BCUT2D eigenvalue weighted by molar-refractivity contribution is 9.10. The number of hydrogen-bond acceptors (Lipinski definition) is 5. The third-order valence-corrected chi connectivity index (χ3v) is 8.43. The van der Waals surface area contributed by atoms with Crippen molar-refractivity contribution in [3.05, 3.63) is 123 Å². The third-order valence-electron chi connectivity index (χ3n) is 5.35. The molecule has 0 atom stereocenters. The Morgan fingerprint density at radius 3 is 2.33 bits per heavy atom. The highest BCUT2D eigenvalue weighted by Crippen LogP contribution is 2.26. The highest BCUT2D eigenvalue weighted by Gasteiger charge is 2.27. The van der Waals surface area contributed by atoms with Crippen molar-refractivity contribution < 1.29 is 17.9 Å². The topological polar surface area (TPSA) is 88.1 Å². The summed E-state index contributed by atoms with van der Waals surface area (Å²) in [5, 5.41) is 4.62. The van der Waals surface area contributed by atoms with E-state index in [4.69, 9.17) is 27.9 Å². The van der Waals surface area contributed by atoms with E-state index in [1.807, 2.05) is 30.3 Å². The van der Waals surface area contributed by atoms with E-state index in [1.165, 1.54) is 18.3 Å². The van der Waals surface area contributed by atoms with Crippen LogP contribution in [0.5, 0.6) is 11.5 Å². The van der Waals surface area contributed by atoms with Crippen LogP contribution >= 0.6 is 39.1 Å². The molecule has 39 heavy (non-hydrogen) atoms. The standard InChI is InChI=1S/C28H22BrCl2N3O4S/c29-22-10-12-25(13-11-22)39(36,37)34(18-21-9-14-26(30)27(31)16-21)19-28(35)33-32-17-20-5-4-8-24(15-20)38-23-6-2-1-3-7-23/h1-17H,18-19H2,(H,33,35)/b32-17+. The number of hydrogen-bond donors (Lipinski definition) is 1. The number of carbonyl (C=O) groups excluding carboxylic acids is 1. The molecule has 0 fully saturated rings. The van der Waals surface area contributed by atoms with E-state index >= 15 is 0 Å². The Hall–Kier alpha value is -3.21. The van der Waals surface area contributed by atoms with Gasteiger partial charge in [-0.25, -0.2) is 13.8 Å². The van der Waals surface area contributed by atoms with Crippen molar-refractivity contribution in [2.45, 2.75) is 11.4 Å². The van der Waals surface area contributed by atoms with E-state index in [0.717, 1.165) is 8.78 Å². The van der Waals surface area contributed by atoms with Crippen LogP contribution in [0.1, 0.15) is 11.1 Å². The summed E-state index contributed by atoms with van der Waals surface area (Å²) >= 11 is 15.4. The fourth-order valence-corrected chi connectivity index (χ4v) is 5.45. The number of sulfonamides is 1. The number of nitrogens with one attached hydrogen (secondary N) is 1. The lowest BCUT2D eigenvalue weighted by Gasteiger charge is -2.22. The van der Waals surface area contributed by atoms with E-state index in [1.54, 1.807) is 54.6 Å². The summed E-state index contributed by atoms with van der Waals surface area (Å²) in [7, 11) is -4.04. The van der Waals surface area contributed by atoms with Crippen LogP contribution in [0.15, 0.2) is 112 Å². The zero-order valence-electron chi connectivity index (χ0n) is 20.3. The number of benzene rings is 4. The maximum atomic E-state index is 13.4. The van der Waals surface area contributed by atoms with Gasteiger partial charge >= 0.3 is 0 Å². The largest absolute Gasteiger partial charge is 0.457 e. The predicted octanol–water partition coefficient (Wildman–Crippen LogP) is 6.89. The number of ether oxygens (including phenoxy) is 1. The molecular formula is C28H22BrCl2N3O4S. The van der Waals surface area contributed by atoms with Crippen molar-refractivity contribution >= 4 is 61.3 Å². The average molecular weight is 647 g/mol. The Balaban J connectivity index is 1.47. The third kappa shape index (κ3) is 8.14. The van der Waals surface area contributed by atoms with Crippen molar-refractivity contribution in [2.24, 2.45) is 5.10 Å². The van der Waals surface area contributed by atoms with Crippen LogP contribution in [-0.2, 0) is 21.4 Å². The Labute approximate surface area is 245 Å². The van der Waals surface area contributed by atoms with Crippen LogP contribution < -0.4 is 10.2 Å². The number of nitrogens with zero attached hydrogens (tertiary/aromatic N) is 2. The molecule has 0 unspecified atom stereocenters. The summed E-state index contributed by atoms with van der Waals surface area (Å²) in [6.45, 7) is -0.585. The lowest BCUT2D eigenvalue weighted by molar-refractivity contribution is -0.121. The molecule has 11 heteroatoms. The molecule has 0 bridgehead atoms. The van der Waals surface area contributed by atoms with Crippen LogP contribution in [0.4, 0.5) is 0 Å². The summed E-state index contributed by atoms with van der Waals surface area (Å²) in [6, 6.07) is 27.4. The van der Waals surface area contributed by atoms with E-state index in [0.29, 0.717) is 27.6 Å². The molecule has 4 aromatic carbocycles. The minimum atomic E-state index is -4.04. The Morgan fingerprint density at radius 2 is 1.62 bits per heavy atom. The predicted molar refractivity (Wildman–Crippen MR) is 157 cm³/mol. The highest BCUT2D eigenvalue weighted by atomic mass is 79.9. The Kier molecular flexibility index (Phi) is 9.77. The Morgan fingerprint density at radius 1 is 0.897 bits per heavy atom. The normalized spacial score (nSPS) is 11.6. The Bertz CT molecular complexity index is 1580. The van der Waals surface area contributed by atoms with Gasteiger partial charge in [-0.05, 0) is 71.8 Å². The zero-order valence-corrected chi connectivity index (χ0v) is 24.2. The van der Waals surface area contributed by atoms with Gasteiger partial charge < -0.3 is 4.74 Å². The first-order valence-corrected chi connectivity index (χ1v) is 14.5. The number of carbonyl (C=O) groups is 1. The molecule has 1 N–H and O–H groups in total. The first-order valence-electron chi connectivity index (χ1n) is 11.6. The van der Waals surface area contributed by atoms with Crippen LogP contribution in [0.3, 0.4) is 0 Å². The van der Waals surface area contributed by atoms with E-state index < -0.39 is 22.5 Å². The number of hydrazone groups is 1. The van der Waals surface area contributed by atoms with Crippen molar-refractivity contribution in [3.63, 3.8) is 0 Å². The molecule has 0 aliphatic rings. The van der Waals surface area contributed by atoms with Crippen LogP contribution in [0, 0.1) is 0 Å². The van der Waals surface area contributed by atoms with Gasteiger partial charge in [0.2, 0.25) is 10.0 Å². The number of para-hydroxylation sites is 1. The summed E-state index contributed by atoms with van der Waals surface area (Å²) < 4.78 is 34.5. The molecule has 0 aliphatic heterocycles. The maximum Gasteiger partial charge on any atom is 0.255 e. The van der Waals surface area contributed by atoms with Gasteiger partial charge in [0.15, 0.2) is 0 Å². The van der Waals surface area contributed by atoms with Gasteiger partial charge in [0.1, 0.15) is 11.5 Å². The summed E-state index contributed by atoms with van der Waals surface area (Å²) in [5.74, 6) is 0.669. The van der Waals surface area contributed by atoms with Crippen LogP contribution in [0.25, 0.3) is 0 Å². The van der Waals surface area contributed by atoms with E-state index in [-0.39, 0.29) is 16.5 Å². The first kappa shape index (κ1) is 28.8. The molecule has 0 saturated heterocycles. The average Bonchev–Trinajstić information content (AvgIpc) is 2.91. The number of amides is 1. The molecule has 0 radical (unpaired) electrons. The molecular weight excluding hydrogens is 625 g/mol. The smallest absolute Gasteiger partial charge is 0.255 e. The van der Waals surface area contributed by atoms with Gasteiger partial charge in [0, 0.05) is 11.0 Å². The lowest BCUT2D eigenvalue weighted by atomic mass is 10.2. The van der Waals surface area contributed by atoms with Crippen molar-refractivity contribution in [1.29, 1.82) is 0 Å². The van der Waals surface area contributed by atoms with Gasteiger partial charge in [-0.3, -0.25) is 4.79 Å². The van der Waals surface area contributed by atoms with Crippen LogP contribution in [0.2, 0.25) is 10.0 Å².